The predicted molar refractivity (Wildman–Crippen MR) is 80.1 cm³/mol. The van der Waals surface area contributed by atoms with Crippen molar-refractivity contribution in [3.05, 3.63) is 29.3 Å². The minimum atomic E-state index is 0.00766. The summed E-state index contributed by atoms with van der Waals surface area (Å²) in [4.78, 5) is 14.5. The van der Waals surface area contributed by atoms with E-state index in [1.54, 1.807) is 25.1 Å². The summed E-state index contributed by atoms with van der Waals surface area (Å²) < 4.78 is 0. The highest BCUT2D eigenvalue weighted by molar-refractivity contribution is 5.96. The zero-order valence-electron chi connectivity index (χ0n) is 12.4. The summed E-state index contributed by atoms with van der Waals surface area (Å²) in [5.74, 6) is 0.191. The summed E-state index contributed by atoms with van der Waals surface area (Å²) in [6, 6.07) is 5.52. The van der Waals surface area contributed by atoms with Crippen LogP contribution in [0.1, 0.15) is 42.1 Å². The molecular formula is C16H24N2O2. The van der Waals surface area contributed by atoms with Gasteiger partial charge in [0.1, 0.15) is 5.75 Å². The summed E-state index contributed by atoms with van der Waals surface area (Å²) in [6.45, 7) is 6.26. The van der Waals surface area contributed by atoms with E-state index >= 15 is 0 Å². The van der Waals surface area contributed by atoms with Crippen LogP contribution in [0.5, 0.6) is 5.75 Å². The molecule has 1 aliphatic rings. The van der Waals surface area contributed by atoms with Gasteiger partial charge in [-0.1, -0.05) is 12.5 Å². The number of piperidine rings is 1. The van der Waals surface area contributed by atoms with Crippen LogP contribution in [-0.2, 0) is 0 Å². The standard InChI is InChI=1S/C16H24N2O2/c1-3-18(11-13-7-4-5-10-17-13)16(20)14-8-6-9-15(19)12(14)2/h6,8-9,13,17,19H,3-5,7,10-11H2,1-2H3. The number of carbonyl (C=O) groups is 1. The van der Waals surface area contributed by atoms with Gasteiger partial charge in [0.25, 0.3) is 5.91 Å². The number of hydrogen-bond donors (Lipinski definition) is 2. The molecule has 1 aromatic carbocycles. The molecule has 4 heteroatoms. The van der Waals surface area contributed by atoms with E-state index < -0.39 is 0 Å². The summed E-state index contributed by atoms with van der Waals surface area (Å²) in [6.07, 6.45) is 3.58. The highest BCUT2D eigenvalue weighted by atomic mass is 16.3. The van der Waals surface area contributed by atoms with Crippen LogP contribution >= 0.6 is 0 Å². The van der Waals surface area contributed by atoms with Crippen molar-refractivity contribution in [1.82, 2.24) is 10.2 Å². The Balaban J connectivity index is 2.10. The van der Waals surface area contributed by atoms with Gasteiger partial charge in [-0.15, -0.1) is 0 Å². The van der Waals surface area contributed by atoms with Gasteiger partial charge in [-0.2, -0.15) is 0 Å². The zero-order chi connectivity index (χ0) is 14.5. The molecule has 1 atom stereocenters. The van der Waals surface area contributed by atoms with Crippen molar-refractivity contribution in [2.75, 3.05) is 19.6 Å². The second kappa shape index (κ2) is 6.75. The van der Waals surface area contributed by atoms with Crippen LogP contribution in [0, 0.1) is 6.92 Å². The van der Waals surface area contributed by atoms with Gasteiger partial charge in [-0.05, 0) is 45.4 Å². The molecule has 2 rings (SSSR count). The first-order valence-corrected chi connectivity index (χ1v) is 7.44. The number of likely N-dealkylation sites (N-methyl/N-ethyl adjacent to an activating group) is 1. The molecule has 1 heterocycles. The van der Waals surface area contributed by atoms with Gasteiger partial charge >= 0.3 is 0 Å². The van der Waals surface area contributed by atoms with Crippen molar-refractivity contribution in [2.24, 2.45) is 0 Å². The van der Waals surface area contributed by atoms with Crippen LogP contribution in [0.3, 0.4) is 0 Å². The Bertz CT molecular complexity index is 468. The molecule has 1 unspecified atom stereocenters. The maximum absolute atomic E-state index is 12.6. The van der Waals surface area contributed by atoms with E-state index in [4.69, 9.17) is 0 Å². The Morgan fingerprint density at radius 2 is 2.25 bits per heavy atom. The molecule has 4 nitrogen and oxygen atoms in total. The number of aromatic hydroxyl groups is 1. The third kappa shape index (κ3) is 3.31. The van der Waals surface area contributed by atoms with Crippen LogP contribution in [0.4, 0.5) is 0 Å². The van der Waals surface area contributed by atoms with Gasteiger partial charge in [0, 0.05) is 30.3 Å². The maximum Gasteiger partial charge on any atom is 0.254 e. The second-order valence-electron chi connectivity index (χ2n) is 5.44. The molecule has 1 saturated heterocycles. The summed E-state index contributed by atoms with van der Waals surface area (Å²) in [5, 5.41) is 13.2. The smallest absolute Gasteiger partial charge is 0.254 e. The fourth-order valence-electron chi connectivity index (χ4n) is 2.73. The summed E-state index contributed by atoms with van der Waals surface area (Å²) >= 11 is 0. The molecule has 1 aliphatic heterocycles. The van der Waals surface area contributed by atoms with Crippen molar-refractivity contribution in [3.8, 4) is 5.75 Å². The molecule has 0 radical (unpaired) electrons. The topological polar surface area (TPSA) is 52.6 Å². The number of phenols is 1. The van der Waals surface area contributed by atoms with Gasteiger partial charge in [-0.25, -0.2) is 0 Å². The molecule has 0 aromatic heterocycles. The Labute approximate surface area is 120 Å². The lowest BCUT2D eigenvalue weighted by molar-refractivity contribution is 0.0740. The fourth-order valence-corrected chi connectivity index (χ4v) is 2.73. The number of nitrogens with one attached hydrogen (secondary N) is 1. The van der Waals surface area contributed by atoms with Crippen molar-refractivity contribution in [2.45, 2.75) is 39.2 Å². The van der Waals surface area contributed by atoms with E-state index in [1.807, 2.05) is 11.8 Å². The summed E-state index contributed by atoms with van der Waals surface area (Å²) in [7, 11) is 0. The first-order valence-electron chi connectivity index (χ1n) is 7.44. The van der Waals surface area contributed by atoms with E-state index in [0.29, 0.717) is 23.7 Å². The zero-order valence-corrected chi connectivity index (χ0v) is 12.4. The van der Waals surface area contributed by atoms with E-state index in [2.05, 4.69) is 5.32 Å². The number of nitrogens with zero attached hydrogens (tertiary/aromatic N) is 1. The number of benzene rings is 1. The molecular weight excluding hydrogens is 252 g/mol. The van der Waals surface area contributed by atoms with Crippen LogP contribution in [0.25, 0.3) is 0 Å². The third-order valence-corrected chi connectivity index (χ3v) is 4.06. The second-order valence-corrected chi connectivity index (χ2v) is 5.44. The largest absolute Gasteiger partial charge is 0.508 e. The lowest BCUT2D eigenvalue weighted by atomic mass is 10.0. The van der Waals surface area contributed by atoms with E-state index in [-0.39, 0.29) is 11.7 Å². The average molecular weight is 276 g/mol. The minimum Gasteiger partial charge on any atom is -0.508 e. The first-order chi connectivity index (χ1) is 9.63. The molecule has 0 bridgehead atoms. The Kier molecular flexibility index (Phi) is 5.01. The molecule has 1 amide bonds. The molecule has 110 valence electrons. The minimum absolute atomic E-state index is 0.00766. The SMILES string of the molecule is CCN(CC1CCCCN1)C(=O)c1cccc(O)c1C. The fraction of sp³-hybridized carbons (Fsp3) is 0.562. The number of rotatable bonds is 4. The summed E-state index contributed by atoms with van der Waals surface area (Å²) in [5.41, 5.74) is 1.26. The van der Waals surface area contributed by atoms with Crippen molar-refractivity contribution in [3.63, 3.8) is 0 Å². The molecule has 20 heavy (non-hydrogen) atoms. The maximum atomic E-state index is 12.6. The monoisotopic (exact) mass is 276 g/mol. The van der Waals surface area contributed by atoms with Gasteiger partial charge in [0.05, 0.1) is 0 Å². The number of hydrogen-bond acceptors (Lipinski definition) is 3. The quantitative estimate of drug-likeness (QED) is 0.887. The van der Waals surface area contributed by atoms with Crippen LogP contribution in [-0.4, -0.2) is 41.6 Å². The van der Waals surface area contributed by atoms with Crippen LogP contribution in [0.2, 0.25) is 0 Å². The molecule has 0 aliphatic carbocycles. The number of carbonyl (C=O) groups excluding carboxylic acids is 1. The van der Waals surface area contributed by atoms with Crippen LogP contribution < -0.4 is 5.32 Å². The van der Waals surface area contributed by atoms with Gasteiger partial charge in [0.15, 0.2) is 0 Å². The van der Waals surface area contributed by atoms with E-state index in [9.17, 15) is 9.90 Å². The van der Waals surface area contributed by atoms with Crippen LogP contribution in [0.15, 0.2) is 18.2 Å². The first kappa shape index (κ1) is 14.9. The predicted octanol–water partition coefficient (Wildman–Crippen LogP) is 2.30. The number of amides is 1. The van der Waals surface area contributed by atoms with Gasteiger partial charge in [-0.3, -0.25) is 4.79 Å². The Morgan fingerprint density at radius 1 is 1.45 bits per heavy atom. The van der Waals surface area contributed by atoms with Crippen molar-refractivity contribution in [1.29, 1.82) is 0 Å². The van der Waals surface area contributed by atoms with Crippen molar-refractivity contribution < 1.29 is 9.90 Å². The third-order valence-electron chi connectivity index (χ3n) is 4.06. The lowest BCUT2D eigenvalue weighted by Gasteiger charge is -2.30. The Hall–Kier alpha value is -1.55. The molecule has 2 N–H and O–H groups in total. The lowest BCUT2D eigenvalue weighted by Crippen LogP contribution is -2.45. The molecule has 1 fully saturated rings. The average Bonchev–Trinajstić information content (AvgIpc) is 2.48. The highest BCUT2D eigenvalue weighted by Crippen LogP contribution is 2.21. The highest BCUT2D eigenvalue weighted by Gasteiger charge is 2.22. The molecule has 0 saturated carbocycles. The molecule has 0 spiro atoms. The van der Waals surface area contributed by atoms with Crippen molar-refractivity contribution >= 4 is 5.91 Å². The van der Waals surface area contributed by atoms with E-state index in [0.717, 1.165) is 19.5 Å². The molecule has 1 aromatic rings. The van der Waals surface area contributed by atoms with Gasteiger partial charge in [0.2, 0.25) is 0 Å². The normalized spacial score (nSPS) is 18.8. The van der Waals surface area contributed by atoms with Gasteiger partial charge < -0.3 is 15.3 Å². The number of phenolic OH excluding ortho intramolecular Hbond substituents is 1. The Morgan fingerprint density at radius 3 is 2.90 bits per heavy atom. The van der Waals surface area contributed by atoms with E-state index in [1.165, 1.54) is 12.8 Å².